The molecule has 2 rings (SSSR count). The third kappa shape index (κ3) is 4.10. The number of Topliss-reactive ketones (excluding diaryl/α,β-unsaturated/α-hetero) is 3. The Morgan fingerprint density at radius 1 is 1.00 bits per heavy atom. The van der Waals surface area contributed by atoms with Gasteiger partial charge >= 0.3 is 0 Å². The summed E-state index contributed by atoms with van der Waals surface area (Å²) in [6.07, 6.45) is -0.494. The van der Waals surface area contributed by atoms with Gasteiger partial charge < -0.3 is 4.74 Å². The Morgan fingerprint density at radius 2 is 1.67 bits per heavy atom. The van der Waals surface area contributed by atoms with E-state index >= 15 is 0 Å². The van der Waals surface area contributed by atoms with Crippen molar-refractivity contribution < 1.29 is 19.1 Å². The van der Waals surface area contributed by atoms with Gasteiger partial charge in [-0.25, -0.2) is 0 Å². The van der Waals surface area contributed by atoms with Crippen LogP contribution in [0.15, 0.2) is 41.8 Å². The van der Waals surface area contributed by atoms with Crippen molar-refractivity contribution in [3.05, 3.63) is 52.2 Å². The first-order chi connectivity index (χ1) is 10.1. The molecule has 0 saturated heterocycles. The van der Waals surface area contributed by atoms with Gasteiger partial charge in [-0.1, -0.05) is 6.07 Å². The summed E-state index contributed by atoms with van der Waals surface area (Å²) < 4.78 is 5.00. The molecule has 1 aromatic heterocycles. The van der Waals surface area contributed by atoms with Crippen molar-refractivity contribution in [2.45, 2.75) is 12.8 Å². The van der Waals surface area contributed by atoms with E-state index in [2.05, 4.69) is 0 Å². The Morgan fingerprint density at radius 3 is 2.24 bits per heavy atom. The summed E-state index contributed by atoms with van der Waals surface area (Å²) in [7, 11) is 1.54. The van der Waals surface area contributed by atoms with E-state index < -0.39 is 0 Å². The first kappa shape index (κ1) is 15.1. The number of thiophene rings is 1. The summed E-state index contributed by atoms with van der Waals surface area (Å²) in [6.45, 7) is 0. The number of hydrogen-bond acceptors (Lipinski definition) is 5. The zero-order valence-corrected chi connectivity index (χ0v) is 12.3. The van der Waals surface area contributed by atoms with Crippen molar-refractivity contribution in [2.75, 3.05) is 7.11 Å². The van der Waals surface area contributed by atoms with E-state index in [1.54, 1.807) is 41.8 Å². The molecule has 0 amide bonds. The van der Waals surface area contributed by atoms with Crippen LogP contribution in [-0.2, 0) is 4.79 Å². The van der Waals surface area contributed by atoms with Crippen molar-refractivity contribution in [3.8, 4) is 5.75 Å². The third-order valence-electron chi connectivity index (χ3n) is 2.92. The molecule has 5 heteroatoms. The maximum atomic E-state index is 12.0. The molecule has 4 nitrogen and oxygen atoms in total. The molecule has 0 radical (unpaired) electrons. The molecule has 0 aliphatic rings. The molecule has 0 bridgehead atoms. The molecule has 1 heterocycles. The summed E-state index contributed by atoms with van der Waals surface area (Å²) in [5, 5.41) is 1.78. The van der Waals surface area contributed by atoms with E-state index in [1.165, 1.54) is 18.4 Å². The standard InChI is InChI=1S/C16H14O4S/c1-20-13-6-4-11(5-7-13)14(18)9-12(17)10-15(19)16-3-2-8-21-16/h2-8H,9-10H2,1H3. The lowest BCUT2D eigenvalue weighted by Gasteiger charge is -2.02. The molecular formula is C16H14O4S. The van der Waals surface area contributed by atoms with Gasteiger partial charge in [-0.2, -0.15) is 0 Å². The first-order valence-corrected chi connectivity index (χ1v) is 7.24. The Labute approximate surface area is 126 Å². The molecular weight excluding hydrogens is 288 g/mol. The molecule has 0 aliphatic heterocycles. The van der Waals surface area contributed by atoms with Crippen molar-refractivity contribution in [2.24, 2.45) is 0 Å². The number of methoxy groups -OCH3 is 1. The fourth-order valence-electron chi connectivity index (χ4n) is 1.82. The lowest BCUT2D eigenvalue weighted by atomic mass is 10.0. The predicted octanol–water partition coefficient (Wildman–Crippen LogP) is 3.17. The highest BCUT2D eigenvalue weighted by atomic mass is 32.1. The van der Waals surface area contributed by atoms with E-state index in [1.807, 2.05) is 0 Å². The van der Waals surface area contributed by atoms with Gasteiger partial charge in [-0.3, -0.25) is 14.4 Å². The van der Waals surface area contributed by atoms with Gasteiger partial charge in [0.25, 0.3) is 0 Å². The Balaban J connectivity index is 1.92. The highest BCUT2D eigenvalue weighted by Crippen LogP contribution is 2.15. The van der Waals surface area contributed by atoms with Crippen LogP contribution in [0.2, 0.25) is 0 Å². The zero-order valence-electron chi connectivity index (χ0n) is 11.5. The van der Waals surface area contributed by atoms with Gasteiger partial charge in [0, 0.05) is 5.56 Å². The minimum atomic E-state index is -0.366. The first-order valence-electron chi connectivity index (χ1n) is 6.36. The monoisotopic (exact) mass is 302 g/mol. The zero-order chi connectivity index (χ0) is 15.2. The number of carbonyl (C=O) groups is 3. The normalized spacial score (nSPS) is 10.1. The average molecular weight is 302 g/mol. The van der Waals surface area contributed by atoms with Crippen molar-refractivity contribution >= 4 is 28.7 Å². The van der Waals surface area contributed by atoms with E-state index in [9.17, 15) is 14.4 Å². The molecule has 2 aromatic rings. The Kier molecular flexibility index (Phi) is 5.00. The van der Waals surface area contributed by atoms with Gasteiger partial charge in [-0.05, 0) is 35.7 Å². The van der Waals surface area contributed by atoms with Crippen LogP contribution in [0.1, 0.15) is 32.9 Å². The van der Waals surface area contributed by atoms with Crippen LogP contribution in [-0.4, -0.2) is 24.5 Å². The number of ether oxygens (including phenoxy) is 1. The van der Waals surface area contributed by atoms with Crippen LogP contribution < -0.4 is 4.74 Å². The highest BCUT2D eigenvalue weighted by Gasteiger charge is 2.16. The van der Waals surface area contributed by atoms with Crippen molar-refractivity contribution in [1.82, 2.24) is 0 Å². The SMILES string of the molecule is COc1ccc(C(=O)CC(=O)CC(=O)c2cccs2)cc1. The molecule has 0 fully saturated rings. The fraction of sp³-hybridized carbons (Fsp3) is 0.188. The molecule has 0 N–H and O–H groups in total. The Bertz CT molecular complexity index is 641. The van der Waals surface area contributed by atoms with Crippen LogP contribution in [0.4, 0.5) is 0 Å². The van der Waals surface area contributed by atoms with Crippen molar-refractivity contribution in [3.63, 3.8) is 0 Å². The number of carbonyl (C=O) groups excluding carboxylic acids is 3. The summed E-state index contributed by atoms with van der Waals surface area (Å²) in [6, 6.07) is 9.96. The topological polar surface area (TPSA) is 60.4 Å². The summed E-state index contributed by atoms with van der Waals surface area (Å²) in [4.78, 5) is 36.1. The van der Waals surface area contributed by atoms with Gasteiger partial charge in [0.05, 0.1) is 24.8 Å². The van der Waals surface area contributed by atoms with Crippen LogP contribution in [0, 0.1) is 0 Å². The Hall–Kier alpha value is -2.27. The van der Waals surface area contributed by atoms with E-state index in [4.69, 9.17) is 4.74 Å². The summed E-state index contributed by atoms with van der Waals surface area (Å²) in [5.74, 6) is -0.251. The molecule has 21 heavy (non-hydrogen) atoms. The van der Waals surface area contributed by atoms with Crippen LogP contribution >= 0.6 is 11.3 Å². The lowest BCUT2D eigenvalue weighted by Crippen LogP contribution is -2.12. The molecule has 0 atom stereocenters. The molecule has 108 valence electrons. The van der Waals surface area contributed by atoms with Gasteiger partial charge in [0.2, 0.25) is 0 Å². The highest BCUT2D eigenvalue weighted by molar-refractivity contribution is 7.12. The van der Waals surface area contributed by atoms with Crippen LogP contribution in [0.5, 0.6) is 5.75 Å². The average Bonchev–Trinajstić information content (AvgIpc) is 3.01. The quantitative estimate of drug-likeness (QED) is 0.582. The minimum absolute atomic E-state index is 0.234. The van der Waals surface area contributed by atoms with Crippen molar-refractivity contribution in [1.29, 1.82) is 0 Å². The van der Waals surface area contributed by atoms with Gasteiger partial charge in [-0.15, -0.1) is 11.3 Å². The minimum Gasteiger partial charge on any atom is -0.497 e. The molecule has 0 aliphatic carbocycles. The van der Waals surface area contributed by atoms with E-state index in [0.717, 1.165) is 0 Å². The number of benzene rings is 1. The molecule has 0 unspecified atom stereocenters. The summed E-state index contributed by atoms with van der Waals surface area (Å²) in [5.41, 5.74) is 0.438. The van der Waals surface area contributed by atoms with Crippen LogP contribution in [0.25, 0.3) is 0 Å². The number of hydrogen-bond donors (Lipinski definition) is 0. The third-order valence-corrected chi connectivity index (χ3v) is 3.83. The maximum absolute atomic E-state index is 12.0. The number of ketones is 3. The second-order valence-electron chi connectivity index (χ2n) is 4.44. The lowest BCUT2D eigenvalue weighted by molar-refractivity contribution is -0.117. The fourth-order valence-corrected chi connectivity index (χ4v) is 2.49. The van der Waals surface area contributed by atoms with E-state index in [0.29, 0.717) is 16.2 Å². The van der Waals surface area contributed by atoms with Gasteiger partial charge in [0.1, 0.15) is 11.5 Å². The molecule has 0 spiro atoms. The second-order valence-corrected chi connectivity index (χ2v) is 5.39. The molecule has 0 saturated carbocycles. The predicted molar refractivity (Wildman–Crippen MR) is 80.2 cm³/mol. The molecule has 1 aromatic carbocycles. The summed E-state index contributed by atoms with van der Waals surface area (Å²) >= 11 is 1.29. The smallest absolute Gasteiger partial charge is 0.180 e. The largest absolute Gasteiger partial charge is 0.497 e. The van der Waals surface area contributed by atoms with Crippen LogP contribution in [0.3, 0.4) is 0 Å². The maximum Gasteiger partial charge on any atom is 0.180 e. The van der Waals surface area contributed by atoms with E-state index in [-0.39, 0.29) is 30.2 Å². The van der Waals surface area contributed by atoms with Gasteiger partial charge in [0.15, 0.2) is 11.6 Å². The second kappa shape index (κ2) is 6.95. The number of rotatable bonds is 7.